The van der Waals surface area contributed by atoms with Gasteiger partial charge in [0.05, 0.1) is 39.3 Å². The molecule has 6 heteroatoms. The van der Waals surface area contributed by atoms with E-state index in [2.05, 4.69) is 6.92 Å². The maximum atomic E-state index is 13.2. The zero-order chi connectivity index (χ0) is 22.5. The number of quaternary nitrogens is 1. The van der Waals surface area contributed by atoms with Crippen LogP contribution in [0.15, 0.2) is 36.4 Å². The number of allylic oxidation sites excluding steroid dienone is 1. The van der Waals surface area contributed by atoms with Gasteiger partial charge in [-0.3, -0.25) is 9.59 Å². The van der Waals surface area contributed by atoms with E-state index in [-0.39, 0.29) is 17.7 Å². The predicted molar refractivity (Wildman–Crippen MR) is 121 cm³/mol. The Morgan fingerprint density at radius 1 is 1.06 bits per heavy atom. The Bertz CT molecular complexity index is 710. The molecule has 1 fully saturated rings. The molecule has 0 radical (unpaired) electrons. The van der Waals surface area contributed by atoms with Crippen molar-refractivity contribution in [1.82, 2.24) is 4.90 Å². The van der Waals surface area contributed by atoms with Gasteiger partial charge in [-0.2, -0.15) is 0 Å². The molecule has 1 saturated heterocycles. The van der Waals surface area contributed by atoms with Gasteiger partial charge in [0, 0.05) is 12.5 Å². The third-order valence-electron chi connectivity index (χ3n) is 6.18. The minimum atomic E-state index is -0.212. The van der Waals surface area contributed by atoms with Crippen LogP contribution in [-0.2, 0) is 20.9 Å². The summed E-state index contributed by atoms with van der Waals surface area (Å²) in [6, 6.07) is 6.78. The minimum absolute atomic E-state index is 0.108. The number of hydrogen-bond donors (Lipinski definition) is 0. The second-order valence-corrected chi connectivity index (χ2v) is 8.51. The fourth-order valence-electron chi connectivity index (χ4n) is 4.07. The van der Waals surface area contributed by atoms with Gasteiger partial charge >= 0.3 is 5.97 Å². The summed E-state index contributed by atoms with van der Waals surface area (Å²) in [4.78, 5) is 25.1. The first kappa shape index (κ1) is 25.1. The summed E-state index contributed by atoms with van der Waals surface area (Å²) in [6.07, 6.45) is 9.96. The predicted octanol–water partition coefficient (Wildman–Crippen LogP) is 4.46. The van der Waals surface area contributed by atoms with Gasteiger partial charge in [0.2, 0.25) is 5.91 Å². The Balaban J connectivity index is 1.63. The lowest BCUT2D eigenvalue weighted by molar-refractivity contribution is -0.942. The molecular formula is C25H38FN2O3+. The highest BCUT2D eigenvalue weighted by molar-refractivity contribution is 5.87. The Hall–Kier alpha value is -2.21. The average molecular weight is 434 g/mol. The van der Waals surface area contributed by atoms with Gasteiger partial charge in [0.15, 0.2) is 0 Å². The number of amides is 1. The van der Waals surface area contributed by atoms with Crippen molar-refractivity contribution in [3.8, 4) is 0 Å². The van der Waals surface area contributed by atoms with E-state index in [1.54, 1.807) is 6.08 Å². The highest BCUT2D eigenvalue weighted by Crippen LogP contribution is 2.19. The van der Waals surface area contributed by atoms with Crippen molar-refractivity contribution in [2.75, 3.05) is 39.3 Å². The highest BCUT2D eigenvalue weighted by atomic mass is 19.1. The van der Waals surface area contributed by atoms with Crippen LogP contribution >= 0.6 is 0 Å². The van der Waals surface area contributed by atoms with Crippen LogP contribution in [0.25, 0.3) is 0 Å². The van der Waals surface area contributed by atoms with E-state index >= 15 is 0 Å². The summed E-state index contributed by atoms with van der Waals surface area (Å²) in [6.45, 7) is 9.43. The largest absolute Gasteiger partial charge is 0.466 e. The molecule has 0 saturated carbocycles. The molecule has 0 unspecified atom stereocenters. The zero-order valence-electron chi connectivity index (χ0n) is 19.2. The molecule has 0 atom stereocenters. The first-order valence-corrected chi connectivity index (χ1v) is 11.6. The number of esters is 1. The number of unbranched alkanes of at least 4 members (excludes halogenated alkanes) is 5. The van der Waals surface area contributed by atoms with E-state index in [4.69, 9.17) is 4.74 Å². The van der Waals surface area contributed by atoms with Crippen LogP contribution < -0.4 is 0 Å². The quantitative estimate of drug-likeness (QED) is 0.212. The number of carbonyl (C=O) groups excluding carboxylic acids is 2. The zero-order valence-corrected chi connectivity index (χ0v) is 19.2. The number of carbonyl (C=O) groups is 2. The molecule has 1 amide bonds. The molecule has 2 rings (SSSR count). The molecule has 1 heterocycles. The summed E-state index contributed by atoms with van der Waals surface area (Å²) in [5.74, 6) is -0.305. The molecule has 0 bridgehead atoms. The van der Waals surface area contributed by atoms with E-state index in [9.17, 15) is 14.0 Å². The molecule has 0 aromatic heterocycles. The number of benzene rings is 1. The van der Waals surface area contributed by atoms with Crippen LogP contribution in [0.5, 0.6) is 0 Å². The van der Waals surface area contributed by atoms with E-state index in [0.29, 0.717) is 6.61 Å². The van der Waals surface area contributed by atoms with Gasteiger partial charge in [-0.1, -0.05) is 37.5 Å². The Labute approximate surface area is 186 Å². The number of hydrogen-bond acceptors (Lipinski definition) is 3. The second-order valence-electron chi connectivity index (χ2n) is 8.51. The Morgan fingerprint density at radius 2 is 1.71 bits per heavy atom. The third-order valence-corrected chi connectivity index (χ3v) is 6.18. The fraction of sp³-hybridized carbons (Fsp3) is 0.600. The maximum Gasteiger partial charge on any atom is 0.302 e. The second kappa shape index (κ2) is 13.3. The first-order valence-electron chi connectivity index (χ1n) is 11.6. The molecular weight excluding hydrogens is 395 g/mol. The van der Waals surface area contributed by atoms with Gasteiger partial charge < -0.3 is 14.1 Å². The van der Waals surface area contributed by atoms with Crippen molar-refractivity contribution in [1.29, 1.82) is 0 Å². The van der Waals surface area contributed by atoms with Gasteiger partial charge in [0.25, 0.3) is 0 Å². The van der Waals surface area contributed by atoms with Gasteiger partial charge in [-0.15, -0.1) is 0 Å². The third kappa shape index (κ3) is 9.21. The summed E-state index contributed by atoms with van der Waals surface area (Å²) < 4.78 is 19.0. The standard InChI is InChI=1S/C25H38FN2O3/c1-3-28(21-23-12-14-24(26)15-13-23)18-16-27(17-19-28)25(30)11-9-7-5-4-6-8-10-20-31-22(2)29/h9,11-15H,3-8,10,16-21H2,1-2H3/q+1/b11-9+. The number of rotatable bonds is 12. The molecule has 31 heavy (non-hydrogen) atoms. The summed E-state index contributed by atoms with van der Waals surface area (Å²) in [7, 11) is 0. The molecule has 1 aromatic rings. The van der Waals surface area contributed by atoms with Crippen molar-refractivity contribution in [3.63, 3.8) is 0 Å². The smallest absolute Gasteiger partial charge is 0.302 e. The SMILES string of the molecule is CC[N+]1(Cc2ccc(F)cc2)CCN(C(=O)/C=C/CCCCCCCOC(C)=O)CC1. The number of ether oxygens (including phenoxy) is 1. The molecule has 5 nitrogen and oxygen atoms in total. The van der Waals surface area contributed by atoms with Crippen molar-refractivity contribution in [2.45, 2.75) is 58.9 Å². The van der Waals surface area contributed by atoms with Crippen LogP contribution in [0.3, 0.4) is 0 Å². The summed E-state index contributed by atoms with van der Waals surface area (Å²) in [5.41, 5.74) is 1.15. The summed E-state index contributed by atoms with van der Waals surface area (Å²) in [5, 5.41) is 0. The molecule has 0 N–H and O–H groups in total. The van der Waals surface area contributed by atoms with E-state index in [1.807, 2.05) is 23.1 Å². The molecule has 1 aromatic carbocycles. The van der Waals surface area contributed by atoms with Gasteiger partial charge in [0.1, 0.15) is 12.4 Å². The van der Waals surface area contributed by atoms with Crippen molar-refractivity contribution in [2.24, 2.45) is 0 Å². The van der Waals surface area contributed by atoms with E-state index in [1.165, 1.54) is 19.1 Å². The molecule has 0 spiro atoms. The highest BCUT2D eigenvalue weighted by Gasteiger charge is 2.32. The lowest BCUT2D eigenvalue weighted by atomic mass is 10.1. The number of piperazine rings is 1. The van der Waals surface area contributed by atoms with Gasteiger partial charge in [-0.25, -0.2) is 4.39 Å². The van der Waals surface area contributed by atoms with E-state index < -0.39 is 0 Å². The average Bonchev–Trinajstić information content (AvgIpc) is 2.76. The lowest BCUT2D eigenvalue weighted by Gasteiger charge is -2.44. The van der Waals surface area contributed by atoms with Crippen molar-refractivity contribution in [3.05, 3.63) is 47.8 Å². The Kier molecular flexibility index (Phi) is 10.7. The van der Waals surface area contributed by atoms with Crippen LogP contribution in [0.2, 0.25) is 0 Å². The molecule has 1 aliphatic heterocycles. The number of nitrogens with zero attached hydrogens (tertiary/aromatic N) is 2. The molecule has 0 aliphatic carbocycles. The van der Waals surface area contributed by atoms with Crippen LogP contribution in [0, 0.1) is 5.82 Å². The van der Waals surface area contributed by atoms with Crippen LogP contribution in [-0.4, -0.2) is 60.6 Å². The molecule has 1 aliphatic rings. The van der Waals surface area contributed by atoms with E-state index in [0.717, 1.165) is 87.8 Å². The topological polar surface area (TPSA) is 46.6 Å². The van der Waals surface area contributed by atoms with Crippen molar-refractivity contribution < 1.29 is 23.2 Å². The number of halogens is 1. The lowest BCUT2D eigenvalue weighted by Crippen LogP contribution is -2.59. The first-order chi connectivity index (χ1) is 14.9. The minimum Gasteiger partial charge on any atom is -0.466 e. The van der Waals surface area contributed by atoms with Crippen LogP contribution in [0.1, 0.15) is 57.9 Å². The monoisotopic (exact) mass is 433 g/mol. The normalized spacial score (nSPS) is 15.9. The summed E-state index contributed by atoms with van der Waals surface area (Å²) >= 11 is 0. The molecule has 172 valence electrons. The van der Waals surface area contributed by atoms with Crippen LogP contribution in [0.4, 0.5) is 4.39 Å². The number of likely N-dealkylation sites (N-methyl/N-ethyl adjacent to an activating group) is 1. The Morgan fingerprint density at radius 3 is 2.35 bits per heavy atom. The fourth-order valence-corrected chi connectivity index (χ4v) is 4.07. The van der Waals surface area contributed by atoms with Gasteiger partial charge in [-0.05, 0) is 44.4 Å². The maximum absolute atomic E-state index is 13.2. The van der Waals surface area contributed by atoms with Crippen molar-refractivity contribution >= 4 is 11.9 Å².